The van der Waals surface area contributed by atoms with Gasteiger partial charge in [0.05, 0.1) is 6.61 Å². The van der Waals surface area contributed by atoms with E-state index in [1.54, 1.807) is 0 Å². The first-order valence-corrected chi connectivity index (χ1v) is 11.2. The number of halogens is 1. The highest BCUT2D eigenvalue weighted by Crippen LogP contribution is 2.53. The monoisotopic (exact) mass is 433 g/mol. The largest absolute Gasteiger partial charge is 0.366 e. The van der Waals surface area contributed by atoms with Crippen LogP contribution in [0.15, 0.2) is 22.9 Å². The van der Waals surface area contributed by atoms with Crippen molar-refractivity contribution in [2.75, 3.05) is 19.7 Å². The molecular formula is C21H28BrN3O2. The number of pyridine rings is 1. The van der Waals surface area contributed by atoms with Crippen molar-refractivity contribution in [3.05, 3.63) is 28.5 Å². The molecule has 27 heavy (non-hydrogen) atoms. The molecular weight excluding hydrogens is 406 g/mol. The van der Waals surface area contributed by atoms with Crippen LogP contribution in [0.4, 0.5) is 0 Å². The molecule has 1 atom stereocenters. The van der Waals surface area contributed by atoms with Crippen LogP contribution < -0.4 is 5.32 Å². The summed E-state index contributed by atoms with van der Waals surface area (Å²) in [5.41, 5.74) is 1.17. The third-order valence-corrected chi connectivity index (χ3v) is 7.64. The van der Waals surface area contributed by atoms with Gasteiger partial charge in [-0.05, 0) is 83.3 Å². The maximum atomic E-state index is 13.0. The molecule has 1 saturated heterocycles. The second-order valence-electron chi connectivity index (χ2n) is 9.05. The van der Waals surface area contributed by atoms with E-state index in [1.807, 2.05) is 12.3 Å². The van der Waals surface area contributed by atoms with Gasteiger partial charge >= 0.3 is 0 Å². The Hall–Kier alpha value is -0.980. The molecule has 5 nitrogen and oxygen atoms in total. The molecule has 1 N–H and O–H groups in total. The van der Waals surface area contributed by atoms with Crippen molar-refractivity contribution in [3.8, 4) is 0 Å². The summed E-state index contributed by atoms with van der Waals surface area (Å²) in [6.07, 6.45) is 8.29. The van der Waals surface area contributed by atoms with Crippen LogP contribution in [0.2, 0.25) is 0 Å². The molecule has 6 rings (SSSR count). The standard InChI is InChI=1S/C21H28BrN3O2/c22-19-2-1-13(10-23-19)11-25-3-4-27-18(12-25)21(26)24-20-16-6-14-5-15(8-16)9-17(20)7-14/h1-2,10,14-18,20H,3-9,11-12H2,(H,24,26). The number of hydrogen-bond acceptors (Lipinski definition) is 4. The van der Waals surface area contributed by atoms with Crippen LogP contribution in [0.3, 0.4) is 0 Å². The molecule has 1 unspecified atom stereocenters. The molecule has 4 aliphatic carbocycles. The number of rotatable bonds is 4. The average Bonchev–Trinajstić information content (AvgIpc) is 2.66. The molecule has 6 heteroatoms. The summed E-state index contributed by atoms with van der Waals surface area (Å²) in [4.78, 5) is 19.6. The highest BCUT2D eigenvalue weighted by atomic mass is 79.9. The van der Waals surface area contributed by atoms with Crippen molar-refractivity contribution in [2.45, 2.75) is 50.8 Å². The van der Waals surface area contributed by atoms with Gasteiger partial charge in [0.25, 0.3) is 5.91 Å². The van der Waals surface area contributed by atoms with Gasteiger partial charge in [-0.15, -0.1) is 0 Å². The van der Waals surface area contributed by atoms with E-state index in [0.29, 0.717) is 31.0 Å². The molecule has 1 amide bonds. The predicted molar refractivity (Wildman–Crippen MR) is 106 cm³/mol. The molecule has 5 fully saturated rings. The maximum Gasteiger partial charge on any atom is 0.250 e. The van der Waals surface area contributed by atoms with Gasteiger partial charge in [-0.3, -0.25) is 9.69 Å². The van der Waals surface area contributed by atoms with Gasteiger partial charge in [0.1, 0.15) is 10.7 Å². The summed E-state index contributed by atoms with van der Waals surface area (Å²) in [7, 11) is 0. The number of ether oxygens (including phenoxy) is 1. The Bertz CT molecular complexity index is 667. The van der Waals surface area contributed by atoms with Gasteiger partial charge in [-0.1, -0.05) is 6.07 Å². The molecule has 2 heterocycles. The zero-order valence-corrected chi connectivity index (χ0v) is 17.2. The van der Waals surface area contributed by atoms with Crippen LogP contribution in [-0.4, -0.2) is 47.6 Å². The van der Waals surface area contributed by atoms with Crippen LogP contribution >= 0.6 is 15.9 Å². The fraction of sp³-hybridized carbons (Fsp3) is 0.714. The Morgan fingerprint density at radius 3 is 2.59 bits per heavy atom. The topological polar surface area (TPSA) is 54.5 Å². The van der Waals surface area contributed by atoms with E-state index in [-0.39, 0.29) is 12.0 Å². The van der Waals surface area contributed by atoms with Crippen LogP contribution in [-0.2, 0) is 16.1 Å². The van der Waals surface area contributed by atoms with Gasteiger partial charge in [0, 0.05) is 31.9 Å². The Morgan fingerprint density at radius 1 is 1.19 bits per heavy atom. The van der Waals surface area contributed by atoms with Crippen LogP contribution in [0.1, 0.15) is 37.7 Å². The smallest absolute Gasteiger partial charge is 0.250 e. The third kappa shape index (κ3) is 3.81. The van der Waals surface area contributed by atoms with E-state index >= 15 is 0 Å². The minimum Gasteiger partial charge on any atom is -0.366 e. The van der Waals surface area contributed by atoms with Crippen molar-refractivity contribution < 1.29 is 9.53 Å². The molecule has 0 spiro atoms. The predicted octanol–water partition coefficient (Wildman–Crippen LogP) is 2.99. The van der Waals surface area contributed by atoms with Crippen molar-refractivity contribution in [1.29, 1.82) is 0 Å². The van der Waals surface area contributed by atoms with Crippen molar-refractivity contribution in [1.82, 2.24) is 15.2 Å². The number of nitrogens with one attached hydrogen (secondary N) is 1. The normalized spacial score (nSPS) is 38.1. The zero-order valence-electron chi connectivity index (χ0n) is 15.6. The van der Waals surface area contributed by atoms with Crippen LogP contribution in [0.5, 0.6) is 0 Å². The van der Waals surface area contributed by atoms with Crippen molar-refractivity contribution in [3.63, 3.8) is 0 Å². The second kappa shape index (κ2) is 7.45. The van der Waals surface area contributed by atoms with E-state index < -0.39 is 0 Å². The summed E-state index contributed by atoms with van der Waals surface area (Å²) < 4.78 is 6.69. The molecule has 1 aromatic heterocycles. The Kier molecular flexibility index (Phi) is 4.99. The van der Waals surface area contributed by atoms with E-state index in [0.717, 1.165) is 29.5 Å². The molecule has 4 bridgehead atoms. The van der Waals surface area contributed by atoms with E-state index in [4.69, 9.17) is 4.74 Å². The molecule has 0 radical (unpaired) electrons. The molecule has 5 aliphatic rings. The average molecular weight is 434 g/mol. The lowest BCUT2D eigenvalue weighted by atomic mass is 9.54. The highest BCUT2D eigenvalue weighted by molar-refractivity contribution is 9.10. The third-order valence-electron chi connectivity index (χ3n) is 7.17. The molecule has 0 aromatic carbocycles. The first-order chi connectivity index (χ1) is 13.1. The molecule has 146 valence electrons. The number of amides is 1. The number of carbonyl (C=O) groups excluding carboxylic acids is 1. The lowest BCUT2D eigenvalue weighted by Crippen LogP contribution is -2.59. The number of aromatic nitrogens is 1. The van der Waals surface area contributed by atoms with Crippen molar-refractivity contribution in [2.24, 2.45) is 23.7 Å². The van der Waals surface area contributed by atoms with Gasteiger partial charge in [0.2, 0.25) is 0 Å². The first-order valence-electron chi connectivity index (χ1n) is 10.4. The number of nitrogens with zero attached hydrogens (tertiary/aromatic N) is 2. The maximum absolute atomic E-state index is 13.0. The Labute approximate surface area is 169 Å². The van der Waals surface area contributed by atoms with Crippen LogP contribution in [0, 0.1) is 23.7 Å². The van der Waals surface area contributed by atoms with Gasteiger partial charge < -0.3 is 10.1 Å². The zero-order chi connectivity index (χ0) is 18.4. The number of carbonyl (C=O) groups is 1. The molecule has 4 saturated carbocycles. The van der Waals surface area contributed by atoms with E-state index in [9.17, 15) is 4.79 Å². The summed E-state index contributed by atoms with van der Waals surface area (Å²) in [5, 5.41) is 3.41. The molecule has 1 aromatic rings. The van der Waals surface area contributed by atoms with Gasteiger partial charge in [-0.25, -0.2) is 4.98 Å². The fourth-order valence-electron chi connectivity index (χ4n) is 6.18. The van der Waals surface area contributed by atoms with E-state index in [1.165, 1.54) is 37.7 Å². The summed E-state index contributed by atoms with van der Waals surface area (Å²) in [6, 6.07) is 4.43. The van der Waals surface area contributed by atoms with E-state index in [2.05, 4.69) is 37.2 Å². The quantitative estimate of drug-likeness (QED) is 0.741. The fourth-order valence-corrected chi connectivity index (χ4v) is 6.42. The number of morpholine rings is 1. The Balaban J connectivity index is 1.18. The minimum absolute atomic E-state index is 0.103. The lowest BCUT2D eigenvalue weighted by molar-refractivity contribution is -0.142. The Morgan fingerprint density at radius 2 is 1.93 bits per heavy atom. The van der Waals surface area contributed by atoms with Crippen LogP contribution in [0.25, 0.3) is 0 Å². The van der Waals surface area contributed by atoms with Crippen molar-refractivity contribution >= 4 is 21.8 Å². The second-order valence-corrected chi connectivity index (χ2v) is 9.86. The summed E-state index contributed by atoms with van der Waals surface area (Å²) in [5.74, 6) is 3.38. The summed E-state index contributed by atoms with van der Waals surface area (Å²) in [6.45, 7) is 2.95. The van der Waals surface area contributed by atoms with Gasteiger partial charge in [0.15, 0.2) is 0 Å². The first kappa shape index (κ1) is 18.1. The summed E-state index contributed by atoms with van der Waals surface area (Å²) >= 11 is 3.38. The van der Waals surface area contributed by atoms with Gasteiger partial charge in [-0.2, -0.15) is 0 Å². The number of hydrogen-bond donors (Lipinski definition) is 1. The highest BCUT2D eigenvalue weighted by Gasteiger charge is 2.49. The lowest BCUT2D eigenvalue weighted by Gasteiger charge is -2.54. The molecule has 1 aliphatic heterocycles. The SMILES string of the molecule is O=C(NC1C2CC3CC(C2)CC1C3)C1CN(Cc2ccc(Br)nc2)CCO1. The minimum atomic E-state index is -0.348.